The van der Waals surface area contributed by atoms with E-state index in [1.807, 2.05) is 0 Å². The highest BCUT2D eigenvalue weighted by molar-refractivity contribution is 5.43. The molecule has 14 heavy (non-hydrogen) atoms. The van der Waals surface area contributed by atoms with E-state index in [2.05, 4.69) is 10.5 Å². The normalized spacial score (nSPS) is 10.1. The van der Waals surface area contributed by atoms with E-state index >= 15 is 0 Å². The summed E-state index contributed by atoms with van der Waals surface area (Å²) in [6.45, 7) is 0.583. The van der Waals surface area contributed by atoms with Crippen LogP contribution in [0.15, 0.2) is 4.52 Å². The van der Waals surface area contributed by atoms with Gasteiger partial charge < -0.3 is 14.6 Å². The number of hydrogen-bond donors (Lipinski definition) is 1. The number of nitrogens with one attached hydrogen (secondary N) is 1. The van der Waals surface area contributed by atoms with Crippen molar-refractivity contribution in [3.8, 4) is 5.88 Å². The molecule has 0 aliphatic rings. The van der Waals surface area contributed by atoms with Crippen molar-refractivity contribution in [1.29, 1.82) is 0 Å². The van der Waals surface area contributed by atoms with Crippen LogP contribution >= 0.6 is 0 Å². The third kappa shape index (κ3) is 1.99. The molecular weight excluding hydrogens is 190 g/mol. The first-order valence-corrected chi connectivity index (χ1v) is 4.02. The quantitative estimate of drug-likeness (QED) is 0.546. The van der Waals surface area contributed by atoms with E-state index in [0.29, 0.717) is 13.0 Å². The second-order valence-electron chi connectivity index (χ2n) is 2.57. The molecule has 0 saturated carbocycles. The third-order valence-corrected chi connectivity index (χ3v) is 1.68. The Morgan fingerprint density at radius 2 is 2.43 bits per heavy atom. The maximum Gasteiger partial charge on any atom is 0.374 e. The van der Waals surface area contributed by atoms with Crippen LogP contribution in [0.3, 0.4) is 0 Å². The molecule has 1 N–H and O–H groups in total. The van der Waals surface area contributed by atoms with Gasteiger partial charge in [0.1, 0.15) is 0 Å². The Morgan fingerprint density at radius 3 is 2.93 bits per heavy atom. The van der Waals surface area contributed by atoms with Crippen LogP contribution in [0.2, 0.25) is 0 Å². The topological polar surface area (TPSA) is 90.4 Å². The summed E-state index contributed by atoms with van der Waals surface area (Å²) >= 11 is 0. The lowest BCUT2D eigenvalue weighted by Gasteiger charge is -1.94. The highest BCUT2D eigenvalue weighted by atomic mass is 16.6. The van der Waals surface area contributed by atoms with Crippen molar-refractivity contribution in [3.63, 3.8) is 0 Å². The van der Waals surface area contributed by atoms with Crippen LogP contribution in [0.5, 0.6) is 5.88 Å². The molecule has 7 heteroatoms. The molecule has 1 heterocycles. The monoisotopic (exact) mass is 201 g/mol. The summed E-state index contributed by atoms with van der Waals surface area (Å²) in [4.78, 5) is 10.1. The number of methoxy groups -OCH3 is 1. The Balaban J connectivity index is 2.92. The lowest BCUT2D eigenvalue weighted by molar-refractivity contribution is -0.386. The van der Waals surface area contributed by atoms with Crippen molar-refractivity contribution in [2.75, 3.05) is 20.7 Å². The molecule has 7 nitrogen and oxygen atoms in total. The van der Waals surface area contributed by atoms with Crippen LogP contribution in [-0.4, -0.2) is 30.8 Å². The van der Waals surface area contributed by atoms with Crippen molar-refractivity contribution in [3.05, 3.63) is 15.9 Å². The van der Waals surface area contributed by atoms with E-state index in [0.717, 1.165) is 0 Å². The molecule has 1 rings (SSSR count). The molecule has 0 spiro atoms. The van der Waals surface area contributed by atoms with Crippen LogP contribution in [0.4, 0.5) is 5.69 Å². The van der Waals surface area contributed by atoms with E-state index in [-0.39, 0.29) is 17.3 Å². The maximum absolute atomic E-state index is 10.6. The van der Waals surface area contributed by atoms with Gasteiger partial charge in [0.15, 0.2) is 0 Å². The first kappa shape index (κ1) is 10.5. The molecule has 0 bridgehead atoms. The molecule has 0 amide bonds. The number of ether oxygens (including phenoxy) is 1. The second-order valence-corrected chi connectivity index (χ2v) is 2.57. The first-order chi connectivity index (χ1) is 6.70. The van der Waals surface area contributed by atoms with Crippen LogP contribution in [0, 0.1) is 10.1 Å². The number of nitrogens with zero attached hydrogens (tertiary/aromatic N) is 2. The molecular formula is C7H11N3O4. The van der Waals surface area contributed by atoms with Crippen molar-refractivity contribution < 1.29 is 14.2 Å². The molecule has 0 radical (unpaired) electrons. The SMILES string of the molecule is CNCCc1onc(OC)c1[N+](=O)[O-]. The van der Waals surface area contributed by atoms with Gasteiger partial charge in [0.05, 0.1) is 12.0 Å². The predicted molar refractivity (Wildman–Crippen MR) is 47.3 cm³/mol. The van der Waals surface area contributed by atoms with Crippen molar-refractivity contribution in [1.82, 2.24) is 10.5 Å². The summed E-state index contributed by atoms with van der Waals surface area (Å²) < 4.78 is 9.49. The average Bonchev–Trinajstić information content (AvgIpc) is 2.57. The number of rotatable bonds is 5. The highest BCUT2D eigenvalue weighted by Crippen LogP contribution is 2.29. The number of likely N-dealkylation sites (N-methyl/N-ethyl adjacent to an activating group) is 1. The zero-order valence-electron chi connectivity index (χ0n) is 7.94. The minimum Gasteiger partial charge on any atom is -0.474 e. The van der Waals surface area contributed by atoms with Gasteiger partial charge in [-0.15, -0.1) is 0 Å². The van der Waals surface area contributed by atoms with Gasteiger partial charge in [-0.1, -0.05) is 0 Å². The van der Waals surface area contributed by atoms with Gasteiger partial charge >= 0.3 is 11.6 Å². The number of hydrogen-bond acceptors (Lipinski definition) is 6. The van der Waals surface area contributed by atoms with E-state index in [9.17, 15) is 10.1 Å². The van der Waals surface area contributed by atoms with Gasteiger partial charge in [0, 0.05) is 13.0 Å². The molecule has 0 fully saturated rings. The number of aromatic nitrogens is 1. The molecule has 0 saturated heterocycles. The lowest BCUT2D eigenvalue weighted by Crippen LogP contribution is -2.10. The first-order valence-electron chi connectivity index (χ1n) is 4.02. The Morgan fingerprint density at radius 1 is 1.71 bits per heavy atom. The summed E-state index contributed by atoms with van der Waals surface area (Å²) in [5.74, 6) is 0.141. The average molecular weight is 201 g/mol. The van der Waals surface area contributed by atoms with E-state index < -0.39 is 4.92 Å². The molecule has 78 valence electrons. The Hall–Kier alpha value is -1.63. The highest BCUT2D eigenvalue weighted by Gasteiger charge is 2.27. The van der Waals surface area contributed by atoms with E-state index in [1.54, 1.807) is 7.05 Å². The molecule has 0 atom stereocenters. The third-order valence-electron chi connectivity index (χ3n) is 1.68. The molecule has 0 aliphatic carbocycles. The van der Waals surface area contributed by atoms with Gasteiger partial charge in [-0.25, -0.2) is 0 Å². The van der Waals surface area contributed by atoms with Crippen molar-refractivity contribution >= 4 is 5.69 Å². The van der Waals surface area contributed by atoms with Gasteiger partial charge in [0.2, 0.25) is 5.76 Å². The number of nitro groups is 1. The summed E-state index contributed by atoms with van der Waals surface area (Å²) in [7, 11) is 3.06. The summed E-state index contributed by atoms with van der Waals surface area (Å²) in [6, 6.07) is 0. The Labute approximate surface area is 80.2 Å². The predicted octanol–water partition coefficient (Wildman–Crippen LogP) is 0.353. The zero-order chi connectivity index (χ0) is 10.6. The fourth-order valence-corrected chi connectivity index (χ4v) is 1.02. The fraction of sp³-hybridized carbons (Fsp3) is 0.571. The van der Waals surface area contributed by atoms with Gasteiger partial charge in [-0.3, -0.25) is 10.1 Å². The largest absolute Gasteiger partial charge is 0.474 e. The molecule has 0 unspecified atom stereocenters. The van der Waals surface area contributed by atoms with Crippen LogP contribution in [0.1, 0.15) is 5.76 Å². The van der Waals surface area contributed by atoms with Crippen molar-refractivity contribution in [2.24, 2.45) is 0 Å². The smallest absolute Gasteiger partial charge is 0.374 e. The maximum atomic E-state index is 10.6. The van der Waals surface area contributed by atoms with Gasteiger partial charge in [0.25, 0.3) is 0 Å². The second kappa shape index (κ2) is 4.56. The van der Waals surface area contributed by atoms with Crippen LogP contribution in [-0.2, 0) is 6.42 Å². The molecule has 0 aromatic carbocycles. The minimum absolute atomic E-state index is 0.0823. The Kier molecular flexibility index (Phi) is 3.41. The molecule has 1 aromatic heterocycles. The van der Waals surface area contributed by atoms with Gasteiger partial charge in [-0.05, 0) is 12.2 Å². The molecule has 1 aromatic rings. The summed E-state index contributed by atoms with van der Waals surface area (Å²) in [6.07, 6.45) is 0.406. The minimum atomic E-state index is -0.555. The summed E-state index contributed by atoms with van der Waals surface area (Å²) in [5, 5.41) is 16.9. The zero-order valence-corrected chi connectivity index (χ0v) is 7.94. The molecule has 0 aliphatic heterocycles. The summed E-state index contributed by atoms with van der Waals surface area (Å²) in [5.41, 5.74) is -0.192. The van der Waals surface area contributed by atoms with Gasteiger partial charge in [-0.2, -0.15) is 0 Å². The standard InChI is InChI=1S/C7H11N3O4/c1-8-4-3-5-6(10(11)12)7(13-2)9-14-5/h8H,3-4H2,1-2H3. The van der Waals surface area contributed by atoms with E-state index in [1.165, 1.54) is 7.11 Å². The van der Waals surface area contributed by atoms with Crippen LogP contribution in [0.25, 0.3) is 0 Å². The fourth-order valence-electron chi connectivity index (χ4n) is 1.02. The van der Waals surface area contributed by atoms with Crippen LogP contribution < -0.4 is 10.1 Å². The van der Waals surface area contributed by atoms with E-state index in [4.69, 9.17) is 9.26 Å². The lowest BCUT2D eigenvalue weighted by atomic mass is 10.3. The van der Waals surface area contributed by atoms with Crippen molar-refractivity contribution in [2.45, 2.75) is 6.42 Å². The Bertz CT molecular complexity index is 323.